The number of urea groups is 2. The number of benzene rings is 2. The topological polar surface area (TPSA) is 165 Å². The van der Waals surface area contributed by atoms with Crippen LogP contribution in [-0.4, -0.2) is 35.0 Å². The van der Waals surface area contributed by atoms with Crippen LogP contribution >= 0.6 is 0 Å². The molecule has 0 spiro atoms. The fourth-order valence-electron chi connectivity index (χ4n) is 5.01. The second kappa shape index (κ2) is 20.4. The first kappa shape index (κ1) is 42.6. The predicted molar refractivity (Wildman–Crippen MR) is 222 cm³/mol. The average molecular weight is 745 g/mol. The molecule has 0 saturated carbocycles. The highest BCUT2D eigenvalue weighted by atomic mass is 16.2. The van der Waals surface area contributed by atoms with Gasteiger partial charge in [0.2, 0.25) is 11.8 Å². The Morgan fingerprint density at radius 2 is 1.15 bits per heavy atom. The average Bonchev–Trinajstić information content (AvgIpc) is 3.14. The second-order valence-corrected chi connectivity index (χ2v) is 13.5. The lowest BCUT2D eigenvalue weighted by Gasteiger charge is -2.29. The molecule has 3 rings (SSSR count). The van der Waals surface area contributed by atoms with Gasteiger partial charge >= 0.3 is 12.1 Å². The molecule has 55 heavy (non-hydrogen) atoms. The largest absolute Gasteiger partial charge is 0.375 e. The highest BCUT2D eigenvalue weighted by Gasteiger charge is 2.29. The van der Waals surface area contributed by atoms with Crippen molar-refractivity contribution in [1.29, 1.82) is 0 Å². The molecule has 1 aliphatic rings. The third-order valence-electron chi connectivity index (χ3n) is 7.93. The van der Waals surface area contributed by atoms with E-state index in [4.69, 9.17) is 0 Å². The molecular weight excluding hydrogens is 693 g/mol. The Morgan fingerprint density at radius 1 is 0.600 bits per heavy atom. The van der Waals surface area contributed by atoms with Crippen molar-refractivity contribution >= 4 is 35.3 Å². The van der Waals surface area contributed by atoms with Gasteiger partial charge in [-0.05, 0) is 120 Å². The molecule has 2 aromatic rings. The van der Waals surface area contributed by atoms with Gasteiger partial charge in [-0.1, -0.05) is 62.2 Å². The molecule has 0 fully saturated rings. The Morgan fingerprint density at radius 3 is 1.71 bits per heavy atom. The van der Waals surface area contributed by atoms with Crippen molar-refractivity contribution in [1.82, 2.24) is 31.9 Å². The summed E-state index contributed by atoms with van der Waals surface area (Å²) in [5.74, 6) is -0.542. The van der Waals surface area contributed by atoms with Gasteiger partial charge in [0.25, 0.3) is 0 Å². The summed E-state index contributed by atoms with van der Waals surface area (Å²) in [5.41, 5.74) is 2.75. The van der Waals surface area contributed by atoms with E-state index in [1.54, 1.807) is 69.4 Å². The van der Waals surface area contributed by atoms with Crippen LogP contribution in [0, 0.1) is 0 Å². The van der Waals surface area contributed by atoms with Crippen molar-refractivity contribution in [2.75, 3.05) is 10.6 Å². The Kier molecular flexibility index (Phi) is 15.8. The molecule has 12 heteroatoms. The lowest BCUT2D eigenvalue weighted by Crippen LogP contribution is -2.51. The van der Waals surface area contributed by atoms with Gasteiger partial charge in [0.1, 0.15) is 11.1 Å². The van der Waals surface area contributed by atoms with E-state index >= 15 is 0 Å². The van der Waals surface area contributed by atoms with Gasteiger partial charge in [-0.2, -0.15) is 0 Å². The lowest BCUT2D eigenvalue weighted by molar-refractivity contribution is -0.125. The number of anilines is 2. The van der Waals surface area contributed by atoms with Crippen molar-refractivity contribution in [2.45, 2.75) is 58.5 Å². The standard InChI is InChI=1S/C43H52N8O4/c1-9-18-37(46-39(53)42(5,6)50-32(11-3)24-23-31(10-2)47-41(55)48-34-21-16-13-17-22-34)29-30(4)44-40(54)49-35-25-27-36(28-26-35)51-43(7,8)38(52)45-33-19-14-12-15-20-33/h9-25,27,29,50-51H,1-3,26,28H2,4-8H3,(H,45,52)(H,46,53)(H2,44,49,54)(H2,47,48,55)/b30-29+,31-23+,32-24+,37-18+. The summed E-state index contributed by atoms with van der Waals surface area (Å²) in [6.45, 7) is 20.1. The van der Waals surface area contributed by atoms with E-state index in [1.165, 1.54) is 12.2 Å². The van der Waals surface area contributed by atoms with Gasteiger partial charge in [-0.25, -0.2) is 9.59 Å². The first-order valence-electron chi connectivity index (χ1n) is 17.7. The van der Waals surface area contributed by atoms with Gasteiger partial charge in [0.15, 0.2) is 0 Å². The monoisotopic (exact) mass is 744 g/mol. The SMILES string of the molecule is C=C/C=C(\C=C(/C)NC(=O)NC1=CC=C(NC(C)(C)C(=O)Nc2ccccc2)CC1)NC(=O)C(C)(C)N/C(C=C)=C/C=C(\C=C)NC(=O)Nc1ccccc1. The predicted octanol–water partition coefficient (Wildman–Crippen LogP) is 7.27. The summed E-state index contributed by atoms with van der Waals surface area (Å²) in [4.78, 5) is 51.6. The molecule has 0 atom stereocenters. The molecule has 6 amide bonds. The van der Waals surface area contributed by atoms with Crippen molar-refractivity contribution < 1.29 is 19.2 Å². The van der Waals surface area contributed by atoms with Crippen LogP contribution in [0.1, 0.15) is 47.5 Å². The van der Waals surface area contributed by atoms with E-state index in [0.717, 1.165) is 11.4 Å². The van der Waals surface area contributed by atoms with E-state index in [2.05, 4.69) is 62.3 Å². The number of hydrogen-bond acceptors (Lipinski definition) is 6. The summed E-state index contributed by atoms with van der Waals surface area (Å²) in [5, 5.41) is 23.4. The van der Waals surface area contributed by atoms with Crippen LogP contribution in [0.2, 0.25) is 0 Å². The highest BCUT2D eigenvalue weighted by Crippen LogP contribution is 2.19. The van der Waals surface area contributed by atoms with E-state index in [0.29, 0.717) is 47.0 Å². The smallest absolute Gasteiger partial charge is 0.323 e. The zero-order valence-electron chi connectivity index (χ0n) is 32.1. The summed E-state index contributed by atoms with van der Waals surface area (Å²) in [6.07, 6.45) is 15.9. The minimum Gasteiger partial charge on any atom is -0.375 e. The van der Waals surface area contributed by atoms with Crippen molar-refractivity contribution in [3.63, 3.8) is 0 Å². The van der Waals surface area contributed by atoms with Crippen LogP contribution in [0.25, 0.3) is 0 Å². The highest BCUT2D eigenvalue weighted by molar-refractivity contribution is 5.97. The van der Waals surface area contributed by atoms with Gasteiger partial charge in [-0.3, -0.25) is 9.59 Å². The number of para-hydroxylation sites is 2. The maximum Gasteiger partial charge on any atom is 0.323 e. The summed E-state index contributed by atoms with van der Waals surface area (Å²) in [6, 6.07) is 17.4. The molecule has 0 aliphatic heterocycles. The number of hydrogen-bond donors (Lipinski definition) is 8. The molecule has 12 nitrogen and oxygen atoms in total. The van der Waals surface area contributed by atoms with Crippen molar-refractivity contribution in [3.8, 4) is 0 Å². The van der Waals surface area contributed by atoms with Crippen LogP contribution in [0.15, 0.2) is 169 Å². The van der Waals surface area contributed by atoms with Crippen LogP contribution in [-0.2, 0) is 9.59 Å². The third kappa shape index (κ3) is 14.6. The molecule has 1 aliphatic carbocycles. The Balaban J connectivity index is 1.56. The molecular formula is C43H52N8O4. The molecule has 0 aromatic heterocycles. The molecule has 8 N–H and O–H groups in total. The Hall–Kier alpha value is -6.82. The first-order chi connectivity index (χ1) is 26.1. The zero-order chi connectivity index (χ0) is 40.4. The molecule has 0 heterocycles. The van der Waals surface area contributed by atoms with Crippen LogP contribution in [0.4, 0.5) is 21.0 Å². The summed E-state index contributed by atoms with van der Waals surface area (Å²) in [7, 11) is 0. The number of carbonyl (C=O) groups is 4. The van der Waals surface area contributed by atoms with Gasteiger partial charge < -0.3 is 42.5 Å². The van der Waals surface area contributed by atoms with Gasteiger partial charge in [0, 0.05) is 45.6 Å². The van der Waals surface area contributed by atoms with E-state index in [1.807, 2.05) is 68.5 Å². The minimum atomic E-state index is -1.12. The second-order valence-electron chi connectivity index (χ2n) is 13.5. The summed E-state index contributed by atoms with van der Waals surface area (Å²) >= 11 is 0. The van der Waals surface area contributed by atoms with Gasteiger partial charge in [0.05, 0.1) is 0 Å². The maximum absolute atomic E-state index is 13.4. The molecule has 288 valence electrons. The summed E-state index contributed by atoms with van der Waals surface area (Å²) < 4.78 is 0. The quantitative estimate of drug-likeness (QED) is 0.0794. The lowest BCUT2D eigenvalue weighted by atomic mass is 10.0. The zero-order valence-corrected chi connectivity index (χ0v) is 32.1. The number of allylic oxidation sites excluding steroid dienone is 12. The molecule has 2 aromatic carbocycles. The number of amides is 6. The molecule has 0 radical (unpaired) electrons. The Labute approximate surface area is 324 Å². The molecule has 0 bridgehead atoms. The van der Waals surface area contributed by atoms with E-state index in [-0.39, 0.29) is 11.8 Å². The van der Waals surface area contributed by atoms with E-state index < -0.39 is 23.1 Å². The van der Waals surface area contributed by atoms with Crippen molar-refractivity contribution in [2.24, 2.45) is 0 Å². The van der Waals surface area contributed by atoms with Crippen LogP contribution in [0.5, 0.6) is 0 Å². The Bertz CT molecular complexity index is 1930. The third-order valence-corrected chi connectivity index (χ3v) is 7.93. The van der Waals surface area contributed by atoms with Crippen LogP contribution in [0.3, 0.4) is 0 Å². The number of rotatable bonds is 17. The first-order valence-corrected chi connectivity index (χ1v) is 17.7. The molecule has 0 unspecified atom stereocenters. The van der Waals surface area contributed by atoms with Gasteiger partial charge in [-0.15, -0.1) is 0 Å². The van der Waals surface area contributed by atoms with E-state index in [9.17, 15) is 19.2 Å². The normalized spacial score (nSPS) is 13.8. The number of carbonyl (C=O) groups excluding carboxylic acids is 4. The minimum absolute atomic E-state index is 0.167. The fourth-order valence-corrected chi connectivity index (χ4v) is 5.01. The molecule has 0 saturated heterocycles. The van der Waals surface area contributed by atoms with Crippen molar-refractivity contribution in [3.05, 3.63) is 169 Å². The fraction of sp³-hybridized carbons (Fsp3) is 0.209. The maximum atomic E-state index is 13.4. The van der Waals surface area contributed by atoms with Crippen LogP contribution < -0.4 is 42.5 Å². The number of nitrogens with one attached hydrogen (secondary N) is 8.